The summed E-state index contributed by atoms with van der Waals surface area (Å²) in [5, 5.41) is 3.36. The van der Waals surface area contributed by atoms with E-state index in [1.54, 1.807) is 31.3 Å². The number of carbonyl (C=O) groups is 1. The normalized spacial score (nSPS) is 16.3. The van der Waals surface area contributed by atoms with E-state index in [4.69, 9.17) is 4.74 Å². The molecule has 1 aromatic heterocycles. The van der Waals surface area contributed by atoms with Gasteiger partial charge in [0.2, 0.25) is 0 Å². The predicted octanol–water partition coefficient (Wildman–Crippen LogP) is 1.37. The number of carbonyl (C=O) groups excluding carboxylic acids is 1. The van der Waals surface area contributed by atoms with Crippen molar-refractivity contribution in [1.29, 1.82) is 0 Å². The molecule has 0 saturated carbocycles. The van der Waals surface area contributed by atoms with Crippen LogP contribution in [0.4, 0.5) is 5.82 Å². The fraction of sp³-hybridized carbons (Fsp3) is 0.538. The van der Waals surface area contributed by atoms with Crippen LogP contribution in [0.3, 0.4) is 0 Å². The fourth-order valence-electron chi connectivity index (χ4n) is 1.92. The highest BCUT2D eigenvalue weighted by Gasteiger charge is 2.14. The Bertz CT molecular complexity index is 397. The molecule has 1 aromatic rings. The molecular weight excluding hydrogens is 230 g/mol. The van der Waals surface area contributed by atoms with Crippen molar-refractivity contribution in [2.75, 3.05) is 32.6 Å². The van der Waals surface area contributed by atoms with Gasteiger partial charge in [0.05, 0.1) is 5.56 Å². The number of hydrogen-bond donors (Lipinski definition) is 1. The lowest BCUT2D eigenvalue weighted by Crippen LogP contribution is -2.28. The van der Waals surface area contributed by atoms with Gasteiger partial charge in [0.25, 0.3) is 5.91 Å². The van der Waals surface area contributed by atoms with E-state index in [1.165, 1.54) is 0 Å². The SMILES string of the molecule is CN(C)C(=O)c1ccc(NC2CCOCC2)nc1. The Morgan fingerprint density at radius 2 is 2.11 bits per heavy atom. The number of nitrogens with one attached hydrogen (secondary N) is 1. The lowest BCUT2D eigenvalue weighted by atomic mass is 10.1. The average molecular weight is 249 g/mol. The van der Waals surface area contributed by atoms with Crippen molar-refractivity contribution in [3.63, 3.8) is 0 Å². The van der Waals surface area contributed by atoms with Gasteiger partial charge in [-0.3, -0.25) is 4.79 Å². The van der Waals surface area contributed by atoms with Crippen molar-refractivity contribution in [3.05, 3.63) is 23.9 Å². The highest BCUT2D eigenvalue weighted by molar-refractivity contribution is 5.93. The minimum absolute atomic E-state index is 0.0277. The minimum Gasteiger partial charge on any atom is -0.381 e. The Kier molecular flexibility index (Phi) is 4.15. The second-order valence-corrected chi connectivity index (χ2v) is 4.66. The van der Waals surface area contributed by atoms with Crippen LogP contribution in [0.5, 0.6) is 0 Å². The molecule has 2 rings (SSSR count). The zero-order chi connectivity index (χ0) is 13.0. The Morgan fingerprint density at radius 1 is 1.39 bits per heavy atom. The molecule has 1 amide bonds. The number of pyridine rings is 1. The molecule has 98 valence electrons. The number of anilines is 1. The molecule has 0 unspecified atom stereocenters. The summed E-state index contributed by atoms with van der Waals surface area (Å²) < 4.78 is 5.30. The van der Waals surface area contributed by atoms with Crippen molar-refractivity contribution >= 4 is 11.7 Å². The van der Waals surface area contributed by atoms with Gasteiger partial charge in [-0.2, -0.15) is 0 Å². The molecular formula is C13H19N3O2. The van der Waals surface area contributed by atoms with E-state index < -0.39 is 0 Å². The summed E-state index contributed by atoms with van der Waals surface area (Å²) in [7, 11) is 3.47. The summed E-state index contributed by atoms with van der Waals surface area (Å²) in [6, 6.07) is 4.07. The molecule has 0 radical (unpaired) electrons. The third-order valence-corrected chi connectivity index (χ3v) is 2.99. The van der Waals surface area contributed by atoms with Gasteiger partial charge in [-0.25, -0.2) is 4.98 Å². The number of hydrogen-bond acceptors (Lipinski definition) is 4. The smallest absolute Gasteiger partial charge is 0.254 e. The van der Waals surface area contributed by atoms with Crippen molar-refractivity contribution in [3.8, 4) is 0 Å². The number of aromatic nitrogens is 1. The van der Waals surface area contributed by atoms with Crippen LogP contribution >= 0.6 is 0 Å². The molecule has 0 aromatic carbocycles. The molecule has 0 bridgehead atoms. The first-order valence-corrected chi connectivity index (χ1v) is 6.19. The van der Waals surface area contributed by atoms with Gasteiger partial charge in [0, 0.05) is 39.5 Å². The molecule has 0 atom stereocenters. The molecule has 0 spiro atoms. The molecule has 2 heterocycles. The highest BCUT2D eigenvalue weighted by atomic mass is 16.5. The summed E-state index contributed by atoms with van der Waals surface area (Å²) >= 11 is 0. The highest BCUT2D eigenvalue weighted by Crippen LogP contribution is 2.13. The topological polar surface area (TPSA) is 54.5 Å². The summed E-state index contributed by atoms with van der Waals surface area (Å²) in [5.41, 5.74) is 0.609. The van der Waals surface area contributed by atoms with Crippen LogP contribution in [-0.2, 0) is 4.74 Å². The Morgan fingerprint density at radius 3 is 2.67 bits per heavy atom. The maximum absolute atomic E-state index is 11.7. The zero-order valence-electron chi connectivity index (χ0n) is 10.8. The zero-order valence-corrected chi connectivity index (χ0v) is 10.8. The molecule has 1 aliphatic heterocycles. The van der Waals surface area contributed by atoms with Crippen LogP contribution in [0.25, 0.3) is 0 Å². The van der Waals surface area contributed by atoms with Gasteiger partial charge in [-0.1, -0.05) is 0 Å². The third-order valence-electron chi connectivity index (χ3n) is 2.99. The van der Waals surface area contributed by atoms with Gasteiger partial charge in [-0.05, 0) is 25.0 Å². The summed E-state index contributed by atoms with van der Waals surface area (Å²) in [4.78, 5) is 17.5. The monoisotopic (exact) mass is 249 g/mol. The van der Waals surface area contributed by atoms with Gasteiger partial charge in [-0.15, -0.1) is 0 Å². The molecule has 1 N–H and O–H groups in total. The van der Waals surface area contributed by atoms with Gasteiger partial charge < -0.3 is 15.0 Å². The molecule has 1 fully saturated rings. The van der Waals surface area contributed by atoms with Gasteiger partial charge >= 0.3 is 0 Å². The maximum atomic E-state index is 11.7. The van der Waals surface area contributed by atoms with E-state index in [2.05, 4.69) is 10.3 Å². The lowest BCUT2D eigenvalue weighted by molar-refractivity contribution is 0.0827. The molecule has 1 saturated heterocycles. The number of nitrogens with zero attached hydrogens (tertiary/aromatic N) is 2. The predicted molar refractivity (Wildman–Crippen MR) is 69.7 cm³/mol. The fourth-order valence-corrected chi connectivity index (χ4v) is 1.92. The first-order chi connectivity index (χ1) is 8.66. The number of amides is 1. The van der Waals surface area contributed by atoms with E-state index >= 15 is 0 Å². The summed E-state index contributed by atoms with van der Waals surface area (Å²) in [5.74, 6) is 0.789. The van der Waals surface area contributed by atoms with Gasteiger partial charge in [0.15, 0.2) is 0 Å². The third kappa shape index (κ3) is 3.20. The Hall–Kier alpha value is -1.62. The van der Waals surface area contributed by atoms with Crippen molar-refractivity contribution in [2.45, 2.75) is 18.9 Å². The van der Waals surface area contributed by atoms with Gasteiger partial charge in [0.1, 0.15) is 5.82 Å². The molecule has 1 aliphatic rings. The van der Waals surface area contributed by atoms with E-state index in [-0.39, 0.29) is 5.91 Å². The van der Waals surface area contributed by atoms with Crippen LogP contribution in [0.2, 0.25) is 0 Å². The maximum Gasteiger partial charge on any atom is 0.254 e. The average Bonchev–Trinajstić information content (AvgIpc) is 2.40. The minimum atomic E-state index is -0.0277. The van der Waals surface area contributed by atoms with Crippen molar-refractivity contribution < 1.29 is 9.53 Å². The first kappa shape index (κ1) is 12.8. The van der Waals surface area contributed by atoms with Crippen LogP contribution in [-0.4, -0.2) is 49.1 Å². The van der Waals surface area contributed by atoms with Crippen LogP contribution in [0, 0.1) is 0 Å². The Balaban J connectivity index is 1.96. The standard InChI is InChI=1S/C13H19N3O2/c1-16(2)13(17)10-3-4-12(14-9-10)15-11-5-7-18-8-6-11/h3-4,9,11H,5-8H2,1-2H3,(H,14,15). The lowest BCUT2D eigenvalue weighted by Gasteiger charge is -2.23. The van der Waals surface area contributed by atoms with E-state index in [0.717, 1.165) is 31.9 Å². The molecule has 0 aliphatic carbocycles. The largest absolute Gasteiger partial charge is 0.381 e. The summed E-state index contributed by atoms with van der Waals surface area (Å²) in [6.07, 6.45) is 3.62. The molecule has 18 heavy (non-hydrogen) atoms. The van der Waals surface area contributed by atoms with Crippen LogP contribution < -0.4 is 5.32 Å². The quantitative estimate of drug-likeness (QED) is 0.879. The van der Waals surface area contributed by atoms with Crippen LogP contribution in [0.15, 0.2) is 18.3 Å². The van der Waals surface area contributed by atoms with E-state index in [9.17, 15) is 4.79 Å². The Labute approximate surface area is 107 Å². The van der Waals surface area contributed by atoms with E-state index in [0.29, 0.717) is 11.6 Å². The number of rotatable bonds is 3. The van der Waals surface area contributed by atoms with Crippen molar-refractivity contribution in [2.24, 2.45) is 0 Å². The van der Waals surface area contributed by atoms with E-state index in [1.807, 2.05) is 6.07 Å². The molecule has 5 nitrogen and oxygen atoms in total. The summed E-state index contributed by atoms with van der Waals surface area (Å²) in [6.45, 7) is 1.60. The first-order valence-electron chi connectivity index (χ1n) is 6.19. The number of ether oxygens (including phenoxy) is 1. The second kappa shape index (κ2) is 5.82. The second-order valence-electron chi connectivity index (χ2n) is 4.66. The van der Waals surface area contributed by atoms with Crippen molar-refractivity contribution in [1.82, 2.24) is 9.88 Å². The molecule has 5 heteroatoms. The van der Waals surface area contributed by atoms with Crippen LogP contribution in [0.1, 0.15) is 23.2 Å².